The average Bonchev–Trinajstić information content (AvgIpc) is 2.53. The molecule has 1 aromatic rings. The van der Waals surface area contributed by atoms with Gasteiger partial charge in [-0.25, -0.2) is 9.59 Å². The molecular formula is C17H24N2O6. The van der Waals surface area contributed by atoms with E-state index in [1.165, 1.54) is 11.1 Å². The summed E-state index contributed by atoms with van der Waals surface area (Å²) in [5, 5.41) is 17.7. The molecule has 1 fully saturated rings. The molecular weight excluding hydrogens is 328 g/mol. The van der Waals surface area contributed by atoms with Gasteiger partial charge in [0.2, 0.25) is 5.91 Å². The van der Waals surface area contributed by atoms with Gasteiger partial charge in [0.05, 0.1) is 13.2 Å². The summed E-state index contributed by atoms with van der Waals surface area (Å²) in [6.07, 6.45) is 0.535. The maximum absolute atomic E-state index is 11.9. The number of morpholine rings is 1. The lowest BCUT2D eigenvalue weighted by Crippen LogP contribution is -2.38. The Balaban J connectivity index is 0.000000450. The van der Waals surface area contributed by atoms with Gasteiger partial charge in [0.25, 0.3) is 0 Å². The number of aryl methyl sites for hydroxylation is 2. The van der Waals surface area contributed by atoms with Crippen molar-refractivity contribution in [2.45, 2.75) is 20.3 Å². The monoisotopic (exact) mass is 352 g/mol. The highest BCUT2D eigenvalue weighted by atomic mass is 16.5. The fourth-order valence-electron chi connectivity index (χ4n) is 2.35. The molecule has 0 aromatic heterocycles. The molecule has 0 aliphatic carbocycles. The Morgan fingerprint density at radius 3 is 2.04 bits per heavy atom. The first-order valence-corrected chi connectivity index (χ1v) is 7.92. The average molecular weight is 352 g/mol. The summed E-state index contributed by atoms with van der Waals surface area (Å²) < 4.78 is 5.29. The standard InChI is InChI=1S/C15H22N2O2.C2H2O4/c1-12-9-13(2)11-14(10-12)16-15(18)3-4-17-5-7-19-8-6-17;3-1(4)2(5)6/h9-11H,3-8H2,1-2H3,(H,16,18);(H,3,4)(H,5,6). The minimum Gasteiger partial charge on any atom is -0.473 e. The maximum Gasteiger partial charge on any atom is 0.414 e. The Kier molecular flexibility index (Phi) is 8.59. The largest absolute Gasteiger partial charge is 0.473 e. The molecule has 0 radical (unpaired) electrons. The van der Waals surface area contributed by atoms with Gasteiger partial charge in [-0.15, -0.1) is 0 Å². The van der Waals surface area contributed by atoms with Gasteiger partial charge in [-0.05, 0) is 37.1 Å². The third-order valence-corrected chi connectivity index (χ3v) is 3.45. The van der Waals surface area contributed by atoms with Gasteiger partial charge in [0.1, 0.15) is 0 Å². The number of anilines is 1. The summed E-state index contributed by atoms with van der Waals surface area (Å²) in [4.78, 5) is 32.4. The summed E-state index contributed by atoms with van der Waals surface area (Å²) in [7, 11) is 0. The van der Waals surface area contributed by atoms with E-state index in [-0.39, 0.29) is 5.91 Å². The molecule has 8 nitrogen and oxygen atoms in total. The fraction of sp³-hybridized carbons (Fsp3) is 0.471. The van der Waals surface area contributed by atoms with Crippen molar-refractivity contribution in [1.82, 2.24) is 4.90 Å². The summed E-state index contributed by atoms with van der Waals surface area (Å²) in [5.41, 5.74) is 3.23. The normalized spacial score (nSPS) is 14.2. The highest BCUT2D eigenvalue weighted by molar-refractivity contribution is 6.27. The van der Waals surface area contributed by atoms with Gasteiger partial charge >= 0.3 is 11.9 Å². The third-order valence-electron chi connectivity index (χ3n) is 3.45. The van der Waals surface area contributed by atoms with Crippen LogP contribution in [0.3, 0.4) is 0 Å². The molecule has 138 valence electrons. The number of ether oxygens (including phenoxy) is 1. The van der Waals surface area contributed by atoms with E-state index in [1.54, 1.807) is 0 Å². The van der Waals surface area contributed by atoms with Crippen molar-refractivity contribution >= 4 is 23.5 Å². The fourth-order valence-corrected chi connectivity index (χ4v) is 2.35. The van der Waals surface area contributed by atoms with Gasteiger partial charge < -0.3 is 20.3 Å². The summed E-state index contributed by atoms with van der Waals surface area (Å²) in [6.45, 7) is 8.29. The van der Waals surface area contributed by atoms with Crippen LogP contribution in [0.25, 0.3) is 0 Å². The van der Waals surface area contributed by atoms with Crippen molar-refractivity contribution in [3.63, 3.8) is 0 Å². The number of carbonyl (C=O) groups is 3. The first-order chi connectivity index (χ1) is 11.8. The van der Waals surface area contributed by atoms with Crippen molar-refractivity contribution < 1.29 is 29.3 Å². The van der Waals surface area contributed by atoms with E-state index in [0.717, 1.165) is 38.5 Å². The van der Waals surface area contributed by atoms with Crippen LogP contribution in [-0.4, -0.2) is 65.8 Å². The first-order valence-electron chi connectivity index (χ1n) is 7.92. The quantitative estimate of drug-likeness (QED) is 0.695. The van der Waals surface area contributed by atoms with E-state index in [9.17, 15) is 4.79 Å². The second kappa shape index (κ2) is 10.4. The molecule has 1 amide bonds. The molecule has 2 rings (SSSR count). The molecule has 0 saturated carbocycles. The van der Waals surface area contributed by atoms with Crippen molar-refractivity contribution in [3.05, 3.63) is 29.3 Å². The number of nitrogens with one attached hydrogen (secondary N) is 1. The van der Waals surface area contributed by atoms with Gasteiger partial charge in [-0.3, -0.25) is 9.69 Å². The van der Waals surface area contributed by atoms with E-state index in [0.29, 0.717) is 6.42 Å². The number of aliphatic carboxylic acids is 2. The Hall–Kier alpha value is -2.45. The second-order valence-corrected chi connectivity index (χ2v) is 5.74. The van der Waals surface area contributed by atoms with Gasteiger partial charge in [0, 0.05) is 31.7 Å². The van der Waals surface area contributed by atoms with Crippen molar-refractivity contribution in [2.24, 2.45) is 0 Å². The number of carbonyl (C=O) groups excluding carboxylic acids is 1. The van der Waals surface area contributed by atoms with Crippen LogP contribution < -0.4 is 5.32 Å². The molecule has 0 atom stereocenters. The van der Waals surface area contributed by atoms with E-state index < -0.39 is 11.9 Å². The number of nitrogens with zero attached hydrogens (tertiary/aromatic N) is 1. The summed E-state index contributed by atoms with van der Waals surface area (Å²) in [5.74, 6) is -3.57. The number of amides is 1. The van der Waals surface area contributed by atoms with E-state index >= 15 is 0 Å². The van der Waals surface area contributed by atoms with Crippen LogP contribution in [-0.2, 0) is 19.1 Å². The van der Waals surface area contributed by atoms with E-state index in [2.05, 4.69) is 16.3 Å². The zero-order valence-corrected chi connectivity index (χ0v) is 14.4. The number of carboxylic acid groups (broad SMARTS) is 2. The molecule has 25 heavy (non-hydrogen) atoms. The lowest BCUT2D eigenvalue weighted by atomic mass is 10.1. The lowest BCUT2D eigenvalue weighted by Gasteiger charge is -2.26. The molecule has 1 heterocycles. The van der Waals surface area contributed by atoms with E-state index in [4.69, 9.17) is 24.5 Å². The number of hydrogen-bond acceptors (Lipinski definition) is 5. The van der Waals surface area contributed by atoms with Crippen LogP contribution in [0.15, 0.2) is 18.2 Å². The molecule has 0 bridgehead atoms. The zero-order chi connectivity index (χ0) is 18.8. The van der Waals surface area contributed by atoms with Crippen LogP contribution in [0, 0.1) is 13.8 Å². The van der Waals surface area contributed by atoms with Crippen molar-refractivity contribution in [2.75, 3.05) is 38.2 Å². The summed E-state index contributed by atoms with van der Waals surface area (Å²) >= 11 is 0. The predicted octanol–water partition coefficient (Wildman–Crippen LogP) is 1.12. The SMILES string of the molecule is Cc1cc(C)cc(NC(=O)CCN2CCOCC2)c1.O=C(O)C(=O)O. The Morgan fingerprint density at radius 1 is 1.04 bits per heavy atom. The number of hydrogen-bond donors (Lipinski definition) is 3. The maximum atomic E-state index is 11.9. The molecule has 3 N–H and O–H groups in total. The minimum atomic E-state index is -1.82. The minimum absolute atomic E-state index is 0.0801. The van der Waals surface area contributed by atoms with Crippen molar-refractivity contribution in [3.8, 4) is 0 Å². The lowest BCUT2D eigenvalue weighted by molar-refractivity contribution is -0.159. The molecule has 1 saturated heterocycles. The van der Waals surface area contributed by atoms with Crippen LogP contribution in [0.5, 0.6) is 0 Å². The predicted molar refractivity (Wildman–Crippen MR) is 91.7 cm³/mol. The van der Waals surface area contributed by atoms with Gasteiger partial charge in [-0.1, -0.05) is 6.07 Å². The molecule has 0 unspecified atom stereocenters. The third kappa shape index (κ3) is 8.83. The zero-order valence-electron chi connectivity index (χ0n) is 14.4. The van der Waals surface area contributed by atoms with Crippen LogP contribution >= 0.6 is 0 Å². The molecule has 8 heteroatoms. The van der Waals surface area contributed by atoms with Crippen LogP contribution in [0.4, 0.5) is 5.69 Å². The number of carboxylic acids is 2. The van der Waals surface area contributed by atoms with Crippen LogP contribution in [0.1, 0.15) is 17.5 Å². The Labute approximate surface area is 146 Å². The first kappa shape index (κ1) is 20.6. The Morgan fingerprint density at radius 2 is 1.56 bits per heavy atom. The molecule has 1 aliphatic rings. The molecule has 0 spiro atoms. The van der Waals surface area contributed by atoms with E-state index in [1.807, 2.05) is 26.0 Å². The van der Waals surface area contributed by atoms with Crippen LogP contribution in [0.2, 0.25) is 0 Å². The highest BCUT2D eigenvalue weighted by Crippen LogP contribution is 2.14. The second-order valence-electron chi connectivity index (χ2n) is 5.74. The number of rotatable bonds is 4. The molecule has 1 aliphatic heterocycles. The van der Waals surface area contributed by atoms with Crippen molar-refractivity contribution in [1.29, 1.82) is 0 Å². The summed E-state index contributed by atoms with van der Waals surface area (Å²) in [6, 6.07) is 6.10. The number of benzene rings is 1. The van der Waals surface area contributed by atoms with Gasteiger partial charge in [0.15, 0.2) is 0 Å². The topological polar surface area (TPSA) is 116 Å². The highest BCUT2D eigenvalue weighted by Gasteiger charge is 2.12. The molecule has 1 aromatic carbocycles. The van der Waals surface area contributed by atoms with Gasteiger partial charge in [-0.2, -0.15) is 0 Å². The Bertz CT molecular complexity index is 579. The smallest absolute Gasteiger partial charge is 0.414 e.